The number of aliphatic carboxylic acids is 1. The lowest BCUT2D eigenvalue weighted by Gasteiger charge is -2.41. The highest BCUT2D eigenvalue weighted by atomic mass is 32.2. The van der Waals surface area contributed by atoms with Crippen LogP contribution in [-0.2, 0) is 32.1 Å². The molecular formula is C26H39N3O6S. The van der Waals surface area contributed by atoms with Gasteiger partial charge in [-0.2, -0.15) is 11.8 Å². The number of carbonyl (C=O) groups excluding carboxylic acids is 3. The molecule has 1 aromatic rings. The molecule has 0 saturated carbocycles. The molecule has 0 radical (unpaired) electrons. The maximum atomic E-state index is 13.9. The number of hydrogen-bond donors (Lipinski definition) is 2. The van der Waals surface area contributed by atoms with Gasteiger partial charge < -0.3 is 20.1 Å². The third-order valence-electron chi connectivity index (χ3n) is 6.04. The number of carboxylic acids is 1. The molecule has 0 spiro atoms. The summed E-state index contributed by atoms with van der Waals surface area (Å²) in [5.74, 6) is -1.71. The number of thioether (sulfide) groups is 1. The largest absolute Gasteiger partial charge is 0.480 e. The van der Waals surface area contributed by atoms with Crippen molar-refractivity contribution >= 4 is 35.6 Å². The summed E-state index contributed by atoms with van der Waals surface area (Å²) in [7, 11) is 1.52. The molecule has 10 heteroatoms. The Morgan fingerprint density at radius 1 is 1.19 bits per heavy atom. The number of carboxylic acid groups (broad SMARTS) is 1. The average molecular weight is 522 g/mol. The second-order valence-corrected chi connectivity index (χ2v) is 11.4. The molecule has 1 aromatic carbocycles. The van der Waals surface area contributed by atoms with Crippen molar-refractivity contribution in [1.29, 1.82) is 0 Å². The summed E-state index contributed by atoms with van der Waals surface area (Å²) in [6.45, 7) is 9.11. The highest BCUT2D eigenvalue weighted by Gasteiger charge is 2.42. The van der Waals surface area contributed by atoms with Gasteiger partial charge in [0.15, 0.2) is 0 Å². The summed E-state index contributed by atoms with van der Waals surface area (Å²) in [5, 5.41) is 12.2. The van der Waals surface area contributed by atoms with Crippen molar-refractivity contribution in [2.24, 2.45) is 5.92 Å². The fraction of sp³-hybridized carbons (Fsp3) is 0.615. The van der Waals surface area contributed by atoms with E-state index in [-0.39, 0.29) is 31.2 Å². The summed E-state index contributed by atoms with van der Waals surface area (Å²) >= 11 is 1.49. The first-order chi connectivity index (χ1) is 16.8. The molecule has 0 unspecified atom stereocenters. The van der Waals surface area contributed by atoms with Crippen LogP contribution in [0.2, 0.25) is 0 Å². The molecule has 36 heavy (non-hydrogen) atoms. The second-order valence-electron chi connectivity index (χ2n) is 10.4. The topological polar surface area (TPSA) is 116 Å². The maximum Gasteiger partial charge on any atom is 0.410 e. The van der Waals surface area contributed by atoms with E-state index in [1.165, 1.54) is 28.6 Å². The van der Waals surface area contributed by atoms with Crippen LogP contribution in [0.1, 0.15) is 52.2 Å². The molecule has 1 aliphatic heterocycles. The molecule has 1 aliphatic rings. The monoisotopic (exact) mass is 521 g/mol. The van der Waals surface area contributed by atoms with E-state index in [0.717, 1.165) is 11.1 Å². The lowest BCUT2D eigenvalue weighted by atomic mass is 9.91. The number of nitrogens with one attached hydrogen (secondary N) is 1. The predicted molar refractivity (Wildman–Crippen MR) is 140 cm³/mol. The summed E-state index contributed by atoms with van der Waals surface area (Å²) < 4.78 is 5.48. The molecule has 0 aromatic heterocycles. The molecule has 200 valence electrons. The van der Waals surface area contributed by atoms with Gasteiger partial charge in [-0.3, -0.25) is 14.5 Å². The normalized spacial score (nSPS) is 17.1. The Morgan fingerprint density at radius 3 is 2.33 bits per heavy atom. The number of ether oxygens (including phenoxy) is 1. The van der Waals surface area contributed by atoms with Crippen molar-refractivity contribution in [3.8, 4) is 0 Å². The van der Waals surface area contributed by atoms with Crippen LogP contribution >= 0.6 is 11.8 Å². The number of nitrogens with zero attached hydrogens (tertiary/aromatic N) is 2. The highest BCUT2D eigenvalue weighted by molar-refractivity contribution is 7.98. The van der Waals surface area contributed by atoms with Crippen LogP contribution in [0.5, 0.6) is 0 Å². The number of rotatable bonds is 9. The molecule has 0 bridgehead atoms. The zero-order chi connectivity index (χ0) is 27.2. The molecule has 0 aliphatic carbocycles. The van der Waals surface area contributed by atoms with Gasteiger partial charge >= 0.3 is 12.1 Å². The molecule has 2 rings (SSSR count). The molecule has 2 N–H and O–H groups in total. The van der Waals surface area contributed by atoms with Crippen LogP contribution in [0.4, 0.5) is 4.79 Å². The maximum absolute atomic E-state index is 13.9. The fourth-order valence-electron chi connectivity index (χ4n) is 4.27. The molecule has 0 fully saturated rings. The van der Waals surface area contributed by atoms with Gasteiger partial charge in [0.05, 0.1) is 0 Å². The minimum absolute atomic E-state index is 0.182. The van der Waals surface area contributed by atoms with E-state index in [1.807, 2.05) is 44.4 Å². The first-order valence-electron chi connectivity index (χ1n) is 12.1. The van der Waals surface area contributed by atoms with Crippen molar-refractivity contribution in [2.75, 3.05) is 19.1 Å². The van der Waals surface area contributed by atoms with E-state index in [1.54, 1.807) is 20.8 Å². The molecule has 3 atom stereocenters. The number of amides is 3. The Labute approximate surface area is 217 Å². The van der Waals surface area contributed by atoms with E-state index >= 15 is 0 Å². The molecule has 3 amide bonds. The summed E-state index contributed by atoms with van der Waals surface area (Å²) in [4.78, 5) is 54.7. The van der Waals surface area contributed by atoms with Crippen LogP contribution in [0.25, 0.3) is 0 Å². The Balaban J connectivity index is 2.39. The standard InChI is InChI=1S/C26H39N3O6S/c1-16(2)21(28(6)25(34)35-26(3,4)5)23(31)29-15-18-11-9-8-10-17(18)14-20(29)22(30)27-19(24(32)33)12-13-36-7/h8-11,16,19-21H,12-15H2,1-7H3,(H,27,30)(H,32,33)/t19-,20+,21-/m0/s1. The predicted octanol–water partition coefficient (Wildman–Crippen LogP) is 3.15. The minimum atomic E-state index is -1.11. The van der Waals surface area contributed by atoms with Crippen LogP contribution in [0, 0.1) is 5.92 Å². The molecule has 0 saturated heterocycles. The second kappa shape index (κ2) is 12.5. The minimum Gasteiger partial charge on any atom is -0.480 e. The summed E-state index contributed by atoms with van der Waals surface area (Å²) in [5.41, 5.74) is 1.11. The third kappa shape index (κ3) is 7.62. The quantitative estimate of drug-likeness (QED) is 0.513. The lowest BCUT2D eigenvalue weighted by molar-refractivity contribution is -0.148. The number of fused-ring (bicyclic) bond motifs is 1. The molecule has 1 heterocycles. The van der Waals surface area contributed by atoms with Gasteiger partial charge in [0.2, 0.25) is 11.8 Å². The van der Waals surface area contributed by atoms with E-state index < -0.39 is 41.7 Å². The van der Waals surface area contributed by atoms with Crippen LogP contribution in [0.15, 0.2) is 24.3 Å². The van der Waals surface area contributed by atoms with Crippen molar-refractivity contribution < 1.29 is 29.0 Å². The zero-order valence-corrected chi connectivity index (χ0v) is 23.1. The van der Waals surface area contributed by atoms with E-state index in [0.29, 0.717) is 5.75 Å². The first kappa shape index (κ1) is 29.5. The fourth-order valence-corrected chi connectivity index (χ4v) is 4.74. The van der Waals surface area contributed by atoms with Gasteiger partial charge in [-0.25, -0.2) is 9.59 Å². The first-order valence-corrected chi connectivity index (χ1v) is 13.5. The summed E-state index contributed by atoms with van der Waals surface area (Å²) in [6.07, 6.45) is 1.77. The van der Waals surface area contributed by atoms with Crippen LogP contribution in [-0.4, -0.2) is 81.6 Å². The Hall–Kier alpha value is -2.75. The number of benzene rings is 1. The average Bonchev–Trinajstić information content (AvgIpc) is 2.79. The lowest BCUT2D eigenvalue weighted by Crippen LogP contribution is -2.60. The van der Waals surface area contributed by atoms with Crippen molar-refractivity contribution in [3.05, 3.63) is 35.4 Å². The highest BCUT2D eigenvalue weighted by Crippen LogP contribution is 2.27. The van der Waals surface area contributed by atoms with E-state index in [2.05, 4.69) is 5.32 Å². The number of carbonyl (C=O) groups is 4. The Kier molecular flexibility index (Phi) is 10.2. The smallest absolute Gasteiger partial charge is 0.410 e. The van der Waals surface area contributed by atoms with Gasteiger partial charge in [-0.1, -0.05) is 38.1 Å². The van der Waals surface area contributed by atoms with E-state index in [9.17, 15) is 24.3 Å². The van der Waals surface area contributed by atoms with Crippen molar-refractivity contribution in [2.45, 2.75) is 77.7 Å². The van der Waals surface area contributed by atoms with Crippen LogP contribution in [0.3, 0.4) is 0 Å². The summed E-state index contributed by atoms with van der Waals surface area (Å²) in [6, 6.07) is 4.74. The van der Waals surface area contributed by atoms with Crippen molar-refractivity contribution in [1.82, 2.24) is 15.1 Å². The Bertz CT molecular complexity index is 961. The Morgan fingerprint density at radius 2 is 1.81 bits per heavy atom. The van der Waals surface area contributed by atoms with Gasteiger partial charge in [0.25, 0.3) is 0 Å². The van der Waals surface area contributed by atoms with E-state index in [4.69, 9.17) is 4.74 Å². The molecular weight excluding hydrogens is 482 g/mol. The van der Waals surface area contributed by atoms with Crippen LogP contribution < -0.4 is 5.32 Å². The van der Waals surface area contributed by atoms with Gasteiger partial charge in [-0.15, -0.1) is 0 Å². The number of likely N-dealkylation sites (N-methyl/N-ethyl adjacent to an activating group) is 1. The zero-order valence-electron chi connectivity index (χ0n) is 22.2. The molecule has 9 nitrogen and oxygen atoms in total. The SMILES string of the molecule is CSCC[C@H](NC(=O)[C@H]1Cc2ccccc2CN1C(=O)[C@H](C(C)C)N(C)C(=O)OC(C)(C)C)C(=O)O. The van der Waals surface area contributed by atoms with Gasteiger partial charge in [-0.05, 0) is 56.2 Å². The third-order valence-corrected chi connectivity index (χ3v) is 6.69. The number of hydrogen-bond acceptors (Lipinski definition) is 6. The van der Waals surface area contributed by atoms with Gasteiger partial charge in [0, 0.05) is 20.0 Å². The van der Waals surface area contributed by atoms with Crippen molar-refractivity contribution in [3.63, 3.8) is 0 Å². The van der Waals surface area contributed by atoms with Gasteiger partial charge in [0.1, 0.15) is 23.7 Å².